The number of nitrogens with two attached hydrogens (primary N) is 1. The zero-order valence-electron chi connectivity index (χ0n) is 5.18. The van der Waals surface area contributed by atoms with Crippen molar-refractivity contribution in [1.82, 2.24) is 5.43 Å². The van der Waals surface area contributed by atoms with Crippen LogP contribution in [-0.4, -0.2) is 5.91 Å². The number of amides is 1. The highest BCUT2D eigenvalue weighted by Gasteiger charge is 2.27. The van der Waals surface area contributed by atoms with Gasteiger partial charge in [-0.2, -0.15) is 0 Å². The van der Waals surface area contributed by atoms with E-state index in [-0.39, 0.29) is 11.8 Å². The lowest BCUT2D eigenvalue weighted by Crippen LogP contribution is -2.39. The predicted molar refractivity (Wildman–Crippen MR) is 34.2 cm³/mol. The van der Waals surface area contributed by atoms with Gasteiger partial charge in [0.25, 0.3) is 0 Å². The molecule has 9 heavy (non-hydrogen) atoms. The van der Waals surface area contributed by atoms with E-state index in [4.69, 9.17) is 5.84 Å². The number of hydrogen-bond acceptors (Lipinski definition) is 2. The molecule has 0 unspecified atom stereocenters. The summed E-state index contributed by atoms with van der Waals surface area (Å²) in [7, 11) is 0. The number of hydrazine groups is 1. The Morgan fingerprint density at radius 1 is 1.78 bits per heavy atom. The number of allylic oxidation sites excluding steroid dienone is 1. The number of nitrogens with one attached hydrogen (secondary N) is 1. The maximum Gasteiger partial charge on any atom is 0.237 e. The molecule has 0 heterocycles. The largest absolute Gasteiger partial charge is 0.294 e. The third-order valence-electron chi connectivity index (χ3n) is 1.58. The second-order valence-corrected chi connectivity index (χ2v) is 2.36. The highest BCUT2D eigenvalue weighted by Crippen LogP contribution is 2.30. The lowest BCUT2D eigenvalue weighted by atomic mass is 9.81. The van der Waals surface area contributed by atoms with Gasteiger partial charge in [-0.3, -0.25) is 10.2 Å². The number of rotatable bonds is 1. The van der Waals surface area contributed by atoms with Gasteiger partial charge in [0.05, 0.1) is 0 Å². The van der Waals surface area contributed by atoms with Crippen LogP contribution in [0.4, 0.5) is 0 Å². The molecule has 1 saturated carbocycles. The molecular formula is C6H10N2O. The fourth-order valence-corrected chi connectivity index (χ4v) is 0.940. The standard InChI is InChI=1S/C6H10N2O/c1-4-2-5(3-4)6(9)8-7/h5H,1-3,7H2,(H,8,9). The van der Waals surface area contributed by atoms with Crippen molar-refractivity contribution in [3.8, 4) is 0 Å². The quantitative estimate of drug-likeness (QED) is 0.224. The SMILES string of the molecule is C=C1CC(C(=O)NN)C1. The smallest absolute Gasteiger partial charge is 0.237 e. The molecular weight excluding hydrogens is 116 g/mol. The minimum Gasteiger partial charge on any atom is -0.294 e. The van der Waals surface area contributed by atoms with Crippen LogP contribution in [0.1, 0.15) is 12.8 Å². The summed E-state index contributed by atoms with van der Waals surface area (Å²) in [4.78, 5) is 10.7. The van der Waals surface area contributed by atoms with E-state index in [1.807, 2.05) is 0 Å². The van der Waals surface area contributed by atoms with Gasteiger partial charge >= 0.3 is 0 Å². The third kappa shape index (κ3) is 1.10. The third-order valence-corrected chi connectivity index (χ3v) is 1.58. The minimum absolute atomic E-state index is 0.0672. The Morgan fingerprint density at radius 2 is 2.33 bits per heavy atom. The van der Waals surface area contributed by atoms with Gasteiger partial charge in [-0.1, -0.05) is 12.2 Å². The van der Waals surface area contributed by atoms with Crippen LogP contribution in [0, 0.1) is 5.92 Å². The molecule has 0 aliphatic heterocycles. The second kappa shape index (κ2) is 2.19. The molecule has 0 bridgehead atoms. The fourth-order valence-electron chi connectivity index (χ4n) is 0.940. The van der Waals surface area contributed by atoms with Crippen molar-refractivity contribution in [2.45, 2.75) is 12.8 Å². The van der Waals surface area contributed by atoms with Gasteiger partial charge in [0, 0.05) is 5.92 Å². The molecule has 3 N–H and O–H groups in total. The lowest BCUT2D eigenvalue weighted by molar-refractivity contribution is -0.126. The van der Waals surface area contributed by atoms with Gasteiger partial charge in [-0.25, -0.2) is 5.84 Å². The minimum atomic E-state index is -0.0672. The highest BCUT2D eigenvalue weighted by atomic mass is 16.2. The van der Waals surface area contributed by atoms with E-state index in [1.165, 1.54) is 0 Å². The summed E-state index contributed by atoms with van der Waals surface area (Å²) in [5, 5.41) is 0. The Bertz CT molecular complexity index is 145. The molecule has 3 heteroatoms. The van der Waals surface area contributed by atoms with Crippen LogP contribution >= 0.6 is 0 Å². The van der Waals surface area contributed by atoms with Crippen molar-refractivity contribution < 1.29 is 4.79 Å². The van der Waals surface area contributed by atoms with E-state index in [0.717, 1.165) is 18.4 Å². The molecule has 1 aliphatic carbocycles. The van der Waals surface area contributed by atoms with E-state index in [2.05, 4.69) is 12.0 Å². The zero-order chi connectivity index (χ0) is 6.85. The van der Waals surface area contributed by atoms with Gasteiger partial charge in [0.1, 0.15) is 0 Å². The van der Waals surface area contributed by atoms with E-state index >= 15 is 0 Å². The van der Waals surface area contributed by atoms with Gasteiger partial charge in [0.15, 0.2) is 0 Å². The van der Waals surface area contributed by atoms with Crippen LogP contribution in [0.15, 0.2) is 12.2 Å². The second-order valence-electron chi connectivity index (χ2n) is 2.36. The maximum absolute atomic E-state index is 10.7. The fraction of sp³-hybridized carbons (Fsp3) is 0.500. The van der Waals surface area contributed by atoms with Gasteiger partial charge in [0.2, 0.25) is 5.91 Å². The van der Waals surface area contributed by atoms with Crippen LogP contribution in [-0.2, 0) is 4.79 Å². The average molecular weight is 126 g/mol. The average Bonchev–Trinajstić information content (AvgIpc) is 1.79. The molecule has 1 rings (SSSR count). The molecule has 0 aromatic carbocycles. The van der Waals surface area contributed by atoms with Crippen LogP contribution in [0.2, 0.25) is 0 Å². The molecule has 1 fully saturated rings. The van der Waals surface area contributed by atoms with E-state index in [9.17, 15) is 4.79 Å². The Morgan fingerprint density at radius 3 is 2.67 bits per heavy atom. The molecule has 0 saturated heterocycles. The summed E-state index contributed by atoms with van der Waals surface area (Å²) in [5.74, 6) is 4.93. The first-order valence-electron chi connectivity index (χ1n) is 2.91. The van der Waals surface area contributed by atoms with Gasteiger partial charge in [-0.05, 0) is 12.8 Å². The number of carbonyl (C=O) groups excluding carboxylic acids is 1. The Labute approximate surface area is 53.9 Å². The first-order valence-corrected chi connectivity index (χ1v) is 2.91. The predicted octanol–water partition coefficient (Wildman–Crippen LogP) is -0.0575. The Balaban J connectivity index is 2.31. The van der Waals surface area contributed by atoms with E-state index in [1.54, 1.807) is 0 Å². The Kier molecular flexibility index (Phi) is 1.53. The molecule has 0 atom stereocenters. The molecule has 1 aliphatic rings. The molecule has 3 nitrogen and oxygen atoms in total. The molecule has 0 aromatic rings. The Hall–Kier alpha value is -0.830. The summed E-state index contributed by atoms with van der Waals surface area (Å²) in [6.45, 7) is 3.71. The van der Waals surface area contributed by atoms with Crippen LogP contribution in [0.5, 0.6) is 0 Å². The van der Waals surface area contributed by atoms with Crippen LogP contribution in [0.3, 0.4) is 0 Å². The van der Waals surface area contributed by atoms with Gasteiger partial charge in [-0.15, -0.1) is 0 Å². The van der Waals surface area contributed by atoms with Crippen molar-refractivity contribution in [2.75, 3.05) is 0 Å². The van der Waals surface area contributed by atoms with Crippen molar-refractivity contribution in [3.05, 3.63) is 12.2 Å². The van der Waals surface area contributed by atoms with Crippen molar-refractivity contribution >= 4 is 5.91 Å². The molecule has 0 aromatic heterocycles. The summed E-state index contributed by atoms with van der Waals surface area (Å²) < 4.78 is 0. The lowest BCUT2D eigenvalue weighted by Gasteiger charge is -2.25. The topological polar surface area (TPSA) is 55.1 Å². The number of hydrogen-bond donors (Lipinski definition) is 2. The summed E-state index contributed by atoms with van der Waals surface area (Å²) in [6.07, 6.45) is 1.62. The molecule has 0 radical (unpaired) electrons. The molecule has 0 spiro atoms. The molecule has 1 amide bonds. The van der Waals surface area contributed by atoms with Gasteiger partial charge < -0.3 is 0 Å². The summed E-state index contributed by atoms with van der Waals surface area (Å²) in [6, 6.07) is 0. The normalized spacial score (nSPS) is 19.0. The van der Waals surface area contributed by atoms with Crippen molar-refractivity contribution in [3.63, 3.8) is 0 Å². The molecule has 50 valence electrons. The maximum atomic E-state index is 10.7. The summed E-state index contributed by atoms with van der Waals surface area (Å²) in [5.41, 5.74) is 3.25. The summed E-state index contributed by atoms with van der Waals surface area (Å²) >= 11 is 0. The van der Waals surface area contributed by atoms with Crippen LogP contribution < -0.4 is 11.3 Å². The monoisotopic (exact) mass is 126 g/mol. The van der Waals surface area contributed by atoms with Crippen molar-refractivity contribution in [2.24, 2.45) is 11.8 Å². The van der Waals surface area contributed by atoms with E-state index < -0.39 is 0 Å². The first-order chi connectivity index (χ1) is 4.24. The van der Waals surface area contributed by atoms with Crippen LogP contribution in [0.25, 0.3) is 0 Å². The first kappa shape index (κ1) is 6.29. The zero-order valence-corrected chi connectivity index (χ0v) is 5.18. The van der Waals surface area contributed by atoms with Crippen molar-refractivity contribution in [1.29, 1.82) is 0 Å². The highest BCUT2D eigenvalue weighted by molar-refractivity contribution is 5.80. The number of carbonyl (C=O) groups is 1. The van der Waals surface area contributed by atoms with E-state index in [0.29, 0.717) is 0 Å².